The van der Waals surface area contributed by atoms with Gasteiger partial charge in [-0.2, -0.15) is 0 Å². The second kappa shape index (κ2) is 14.1. The Bertz CT molecular complexity index is 318. The number of hydrogen-bond acceptors (Lipinski definition) is 9. The molecular formula is C10H23N3O9. The van der Waals surface area contributed by atoms with Gasteiger partial charge in [-0.3, -0.25) is 14.4 Å². The number of hydrogen-bond donors (Lipinski definition) is 9. The molecule has 0 aliphatic heterocycles. The molecule has 0 aromatic rings. The Morgan fingerprint density at radius 1 is 0.818 bits per heavy atom. The molecule has 0 aromatic heterocycles. The van der Waals surface area contributed by atoms with Gasteiger partial charge >= 0.3 is 17.9 Å². The van der Waals surface area contributed by atoms with E-state index in [0.29, 0.717) is 0 Å². The molecule has 22 heavy (non-hydrogen) atoms. The molecule has 0 radical (unpaired) electrons. The van der Waals surface area contributed by atoms with Crippen molar-refractivity contribution in [3.63, 3.8) is 0 Å². The summed E-state index contributed by atoms with van der Waals surface area (Å²) in [5.74, 6) is -3.54. The summed E-state index contributed by atoms with van der Waals surface area (Å²) in [6.45, 7) is 0.323. The first-order valence-electron chi connectivity index (χ1n) is 5.77. The summed E-state index contributed by atoms with van der Waals surface area (Å²) >= 11 is 0. The minimum absolute atomic E-state index is 0.505. The number of nitrogens with two attached hydrogens (primary N) is 3. The van der Waals surface area contributed by atoms with Gasteiger partial charge in [0.25, 0.3) is 0 Å². The predicted octanol–water partition coefficient (Wildman–Crippen LogP) is -4.44. The van der Waals surface area contributed by atoms with Crippen LogP contribution in [0.1, 0.15) is 6.92 Å². The van der Waals surface area contributed by atoms with Crippen LogP contribution in [0.2, 0.25) is 0 Å². The Morgan fingerprint density at radius 3 is 1.09 bits per heavy atom. The molecule has 12 heteroatoms. The summed E-state index contributed by atoms with van der Waals surface area (Å²) in [7, 11) is 0. The van der Waals surface area contributed by atoms with Crippen molar-refractivity contribution < 1.29 is 45.0 Å². The van der Waals surface area contributed by atoms with Crippen molar-refractivity contribution in [1.82, 2.24) is 0 Å². The normalized spacial score (nSPS) is 14.9. The van der Waals surface area contributed by atoms with Crippen molar-refractivity contribution in [2.75, 3.05) is 13.2 Å². The lowest BCUT2D eigenvalue weighted by Gasteiger charge is -2.06. The molecule has 0 aliphatic rings. The Labute approximate surface area is 125 Å². The van der Waals surface area contributed by atoms with Crippen LogP contribution in [-0.2, 0) is 14.4 Å². The van der Waals surface area contributed by atoms with Crippen molar-refractivity contribution in [2.24, 2.45) is 17.2 Å². The number of carboxylic acids is 3. The van der Waals surface area contributed by atoms with E-state index in [-0.39, 0.29) is 0 Å². The largest absolute Gasteiger partial charge is 0.480 e. The minimum Gasteiger partial charge on any atom is -0.480 e. The fourth-order valence-electron chi connectivity index (χ4n) is 0.363. The maximum Gasteiger partial charge on any atom is 0.323 e. The summed E-state index contributed by atoms with van der Waals surface area (Å²) in [5.41, 5.74) is 14.4. The molecule has 4 atom stereocenters. The van der Waals surface area contributed by atoms with Crippen LogP contribution < -0.4 is 17.2 Å². The molecule has 3 unspecified atom stereocenters. The van der Waals surface area contributed by atoms with Gasteiger partial charge in [0.1, 0.15) is 18.1 Å². The van der Waals surface area contributed by atoms with Crippen LogP contribution in [0.25, 0.3) is 0 Å². The topological polar surface area (TPSA) is 251 Å². The van der Waals surface area contributed by atoms with Gasteiger partial charge in [0.2, 0.25) is 0 Å². The van der Waals surface area contributed by atoms with Gasteiger partial charge in [0.05, 0.1) is 19.3 Å². The molecule has 0 heterocycles. The predicted molar refractivity (Wildman–Crippen MR) is 72.7 cm³/mol. The Morgan fingerprint density at radius 2 is 1.09 bits per heavy atom. The summed E-state index contributed by atoms with van der Waals surface area (Å²) in [4.78, 5) is 29.1. The van der Waals surface area contributed by atoms with Gasteiger partial charge in [-0.25, -0.2) is 0 Å². The molecule has 0 fully saturated rings. The van der Waals surface area contributed by atoms with E-state index in [1.54, 1.807) is 0 Å². The molecule has 0 aliphatic carbocycles. The lowest BCUT2D eigenvalue weighted by molar-refractivity contribution is -0.141. The van der Waals surface area contributed by atoms with Crippen LogP contribution in [-0.4, -0.2) is 86.0 Å². The molecule has 0 saturated heterocycles. The number of rotatable bonds is 6. The number of aliphatic hydroxyl groups is 3. The maximum absolute atomic E-state index is 9.86. The van der Waals surface area contributed by atoms with E-state index in [1.165, 1.54) is 6.92 Å². The van der Waals surface area contributed by atoms with Crippen LogP contribution in [0.4, 0.5) is 0 Å². The molecule has 132 valence electrons. The van der Waals surface area contributed by atoms with Crippen molar-refractivity contribution in [3.05, 3.63) is 0 Å². The molecule has 0 spiro atoms. The average Bonchev–Trinajstić information content (AvgIpc) is 2.45. The van der Waals surface area contributed by atoms with Gasteiger partial charge in [-0.15, -0.1) is 0 Å². The standard InChI is InChI=1S/C4H9NO3.2C3H7NO3/c1-2(6)3(5)4(7)8;2*4-2(1-5)3(6)7/h2-3,6H,5H2,1H3,(H,7,8);2*2,5H,1,4H2,(H,6,7)/t;2-;/m.0./s1. The van der Waals surface area contributed by atoms with E-state index in [4.69, 9.17) is 47.8 Å². The summed E-state index contributed by atoms with van der Waals surface area (Å²) in [6.07, 6.45) is -0.979. The molecule has 12 N–H and O–H groups in total. The summed E-state index contributed by atoms with van der Waals surface area (Å²) < 4.78 is 0. The summed E-state index contributed by atoms with van der Waals surface area (Å²) in [6, 6.07) is -3.41. The zero-order valence-electron chi connectivity index (χ0n) is 11.9. The molecule has 0 saturated carbocycles. The van der Waals surface area contributed by atoms with Crippen molar-refractivity contribution >= 4 is 17.9 Å². The van der Waals surface area contributed by atoms with Crippen LogP contribution in [0, 0.1) is 0 Å². The van der Waals surface area contributed by atoms with Crippen molar-refractivity contribution in [2.45, 2.75) is 31.2 Å². The minimum atomic E-state index is -1.18. The number of aliphatic carboxylic acids is 3. The van der Waals surface area contributed by atoms with E-state index in [1.807, 2.05) is 0 Å². The van der Waals surface area contributed by atoms with Crippen LogP contribution in [0.5, 0.6) is 0 Å². The highest BCUT2D eigenvalue weighted by molar-refractivity contribution is 5.74. The van der Waals surface area contributed by atoms with E-state index in [0.717, 1.165) is 0 Å². The smallest absolute Gasteiger partial charge is 0.323 e. The Kier molecular flexibility index (Phi) is 16.1. The molecule has 0 rings (SSSR count). The first-order chi connectivity index (χ1) is 9.91. The molecule has 0 amide bonds. The van der Waals surface area contributed by atoms with Crippen molar-refractivity contribution in [3.8, 4) is 0 Å². The Balaban J connectivity index is -0.000000247. The molecule has 12 nitrogen and oxygen atoms in total. The third kappa shape index (κ3) is 16.2. The third-order valence-electron chi connectivity index (χ3n) is 1.83. The van der Waals surface area contributed by atoms with Gasteiger partial charge in [0.15, 0.2) is 0 Å². The molecular weight excluding hydrogens is 306 g/mol. The van der Waals surface area contributed by atoms with Gasteiger partial charge in [-0.1, -0.05) is 0 Å². The number of carbonyl (C=O) groups is 3. The first-order valence-corrected chi connectivity index (χ1v) is 5.77. The quantitative estimate of drug-likeness (QED) is 0.224. The zero-order valence-corrected chi connectivity index (χ0v) is 11.9. The van der Waals surface area contributed by atoms with Crippen LogP contribution in [0.15, 0.2) is 0 Å². The van der Waals surface area contributed by atoms with E-state index >= 15 is 0 Å². The summed E-state index contributed by atoms with van der Waals surface area (Å²) in [5, 5.41) is 48.3. The zero-order chi connectivity index (χ0) is 18.5. The van der Waals surface area contributed by atoms with Gasteiger partial charge in [0, 0.05) is 0 Å². The second-order valence-electron chi connectivity index (χ2n) is 3.86. The highest BCUT2D eigenvalue weighted by atomic mass is 16.4. The van der Waals surface area contributed by atoms with Crippen LogP contribution in [0.3, 0.4) is 0 Å². The fourth-order valence-corrected chi connectivity index (χ4v) is 0.363. The average molecular weight is 329 g/mol. The van der Waals surface area contributed by atoms with E-state index in [2.05, 4.69) is 0 Å². The monoisotopic (exact) mass is 329 g/mol. The SMILES string of the molecule is CC(O)C(N)C(=O)O.NC(CO)C(=O)O.N[C@@H](CO)C(=O)O. The van der Waals surface area contributed by atoms with E-state index in [9.17, 15) is 14.4 Å². The number of carboxylic acid groups (broad SMARTS) is 3. The maximum atomic E-state index is 9.86. The molecule has 0 bridgehead atoms. The fraction of sp³-hybridized carbons (Fsp3) is 0.700. The first kappa shape index (κ1) is 25.1. The number of aliphatic hydroxyl groups excluding tert-OH is 3. The highest BCUT2D eigenvalue weighted by Crippen LogP contribution is 1.85. The van der Waals surface area contributed by atoms with Crippen LogP contribution >= 0.6 is 0 Å². The van der Waals surface area contributed by atoms with E-state index < -0.39 is 55.4 Å². The van der Waals surface area contributed by atoms with Crippen molar-refractivity contribution in [1.29, 1.82) is 0 Å². The highest BCUT2D eigenvalue weighted by Gasteiger charge is 2.16. The van der Waals surface area contributed by atoms with Gasteiger partial charge in [-0.05, 0) is 6.92 Å². The Hall–Kier alpha value is -1.83. The van der Waals surface area contributed by atoms with Gasteiger partial charge < -0.3 is 47.8 Å². The lowest BCUT2D eigenvalue weighted by atomic mass is 10.2. The second-order valence-corrected chi connectivity index (χ2v) is 3.86. The lowest BCUT2D eigenvalue weighted by Crippen LogP contribution is -2.39. The third-order valence-corrected chi connectivity index (χ3v) is 1.83. The molecule has 0 aromatic carbocycles.